The molecule has 3 nitrogen and oxygen atoms in total. The lowest BCUT2D eigenvalue weighted by molar-refractivity contribution is -0.148. The molecule has 17 heavy (non-hydrogen) atoms. The molecule has 100 valence electrons. The molecule has 0 radical (unpaired) electrons. The van der Waals surface area contributed by atoms with E-state index in [0.717, 1.165) is 31.6 Å². The fraction of sp³-hybridized carbons (Fsp3) is 0.923. The molecule has 2 unspecified atom stereocenters. The van der Waals surface area contributed by atoms with Crippen LogP contribution in [0.3, 0.4) is 0 Å². The molecule has 2 atom stereocenters. The monoisotopic (exact) mass is 259 g/mol. The van der Waals surface area contributed by atoms with Crippen LogP contribution in [0.1, 0.15) is 40.0 Å². The number of thioether (sulfide) groups is 1. The molecular formula is C13H25NO2S. The van der Waals surface area contributed by atoms with Crippen LogP contribution >= 0.6 is 11.8 Å². The Morgan fingerprint density at radius 1 is 1.53 bits per heavy atom. The number of hydrogen-bond donors (Lipinski definition) is 1. The van der Waals surface area contributed by atoms with E-state index in [4.69, 9.17) is 4.74 Å². The molecule has 1 rings (SSSR count). The first-order chi connectivity index (χ1) is 8.10. The van der Waals surface area contributed by atoms with Gasteiger partial charge in [-0.3, -0.25) is 4.79 Å². The van der Waals surface area contributed by atoms with Crippen molar-refractivity contribution in [2.24, 2.45) is 5.92 Å². The molecule has 1 aliphatic carbocycles. The lowest BCUT2D eigenvalue weighted by Gasteiger charge is -2.32. The highest BCUT2D eigenvalue weighted by atomic mass is 32.2. The third-order valence-electron chi connectivity index (χ3n) is 3.49. The standard InChI is InChI=1S/C13H25NO2S/c1-5-10(3)17-9-13(14-6-2,11-7-8-11)12(15)16-4/h10-11,14H,5-9H2,1-4H3. The molecule has 0 aliphatic heterocycles. The summed E-state index contributed by atoms with van der Waals surface area (Å²) in [6.45, 7) is 7.26. The molecule has 1 saturated carbocycles. The van der Waals surface area contributed by atoms with Crippen molar-refractivity contribution in [2.45, 2.75) is 50.8 Å². The second-order valence-electron chi connectivity index (χ2n) is 4.80. The summed E-state index contributed by atoms with van der Waals surface area (Å²) in [6.07, 6.45) is 3.42. The van der Waals surface area contributed by atoms with Crippen LogP contribution in [-0.2, 0) is 9.53 Å². The smallest absolute Gasteiger partial charge is 0.327 e. The molecule has 0 bridgehead atoms. The predicted molar refractivity (Wildman–Crippen MR) is 73.4 cm³/mol. The van der Waals surface area contributed by atoms with E-state index in [1.807, 2.05) is 18.7 Å². The summed E-state index contributed by atoms with van der Waals surface area (Å²) in [5, 5.41) is 3.99. The van der Waals surface area contributed by atoms with Gasteiger partial charge in [0.05, 0.1) is 7.11 Å². The summed E-state index contributed by atoms with van der Waals surface area (Å²) in [6, 6.07) is 0. The SMILES string of the molecule is CCNC(CSC(C)CC)(C(=O)OC)C1CC1. The Kier molecular flexibility index (Phi) is 5.80. The normalized spacial score (nSPS) is 20.7. The van der Waals surface area contributed by atoms with Gasteiger partial charge in [-0.1, -0.05) is 20.8 Å². The number of rotatable bonds is 8. The summed E-state index contributed by atoms with van der Waals surface area (Å²) in [5.41, 5.74) is -0.447. The number of esters is 1. The minimum absolute atomic E-state index is 0.0855. The van der Waals surface area contributed by atoms with E-state index in [-0.39, 0.29) is 5.97 Å². The van der Waals surface area contributed by atoms with Gasteiger partial charge >= 0.3 is 5.97 Å². The topological polar surface area (TPSA) is 38.3 Å². The zero-order valence-electron chi connectivity index (χ0n) is 11.4. The molecule has 0 aromatic rings. The minimum atomic E-state index is -0.447. The van der Waals surface area contributed by atoms with E-state index in [1.54, 1.807) is 0 Å². The Balaban J connectivity index is 2.71. The quantitative estimate of drug-likeness (QED) is 0.680. The molecule has 1 aliphatic rings. The fourth-order valence-corrected chi connectivity index (χ4v) is 3.31. The first-order valence-electron chi connectivity index (χ1n) is 6.55. The molecule has 0 aromatic carbocycles. The van der Waals surface area contributed by atoms with Crippen LogP contribution in [-0.4, -0.2) is 36.2 Å². The van der Waals surface area contributed by atoms with Gasteiger partial charge in [0, 0.05) is 11.0 Å². The number of ether oxygens (including phenoxy) is 1. The molecule has 4 heteroatoms. The van der Waals surface area contributed by atoms with Crippen molar-refractivity contribution in [3.05, 3.63) is 0 Å². The zero-order valence-corrected chi connectivity index (χ0v) is 12.2. The molecule has 0 spiro atoms. The van der Waals surface area contributed by atoms with E-state index in [2.05, 4.69) is 19.2 Å². The number of hydrogen-bond acceptors (Lipinski definition) is 4. The van der Waals surface area contributed by atoms with Gasteiger partial charge in [0.2, 0.25) is 0 Å². The van der Waals surface area contributed by atoms with Crippen molar-refractivity contribution >= 4 is 17.7 Å². The van der Waals surface area contributed by atoms with Crippen LogP contribution in [0.5, 0.6) is 0 Å². The Bertz CT molecular complexity index is 256. The second-order valence-corrected chi connectivity index (χ2v) is 6.22. The van der Waals surface area contributed by atoms with Crippen LogP contribution in [0.25, 0.3) is 0 Å². The largest absolute Gasteiger partial charge is 0.468 e. The third-order valence-corrected chi connectivity index (χ3v) is 5.01. The van der Waals surface area contributed by atoms with Gasteiger partial charge in [0.25, 0.3) is 0 Å². The average molecular weight is 259 g/mol. The highest BCUT2D eigenvalue weighted by molar-refractivity contribution is 8.00. The van der Waals surface area contributed by atoms with Crippen molar-refractivity contribution in [3.63, 3.8) is 0 Å². The Morgan fingerprint density at radius 2 is 2.18 bits per heavy atom. The van der Waals surface area contributed by atoms with Crippen molar-refractivity contribution in [2.75, 3.05) is 19.4 Å². The van der Waals surface area contributed by atoms with Crippen LogP contribution in [0.15, 0.2) is 0 Å². The maximum Gasteiger partial charge on any atom is 0.327 e. The summed E-state index contributed by atoms with van der Waals surface area (Å²) in [5.74, 6) is 1.21. The Morgan fingerprint density at radius 3 is 2.59 bits per heavy atom. The van der Waals surface area contributed by atoms with Crippen LogP contribution in [0.4, 0.5) is 0 Å². The zero-order chi connectivity index (χ0) is 12.9. The molecule has 1 fully saturated rings. The van der Waals surface area contributed by atoms with E-state index in [1.165, 1.54) is 7.11 Å². The van der Waals surface area contributed by atoms with Gasteiger partial charge in [-0.05, 0) is 31.7 Å². The predicted octanol–water partition coefficient (Wildman–Crippen LogP) is 2.45. The summed E-state index contributed by atoms with van der Waals surface area (Å²) in [7, 11) is 1.49. The molecule has 1 N–H and O–H groups in total. The number of likely N-dealkylation sites (N-methyl/N-ethyl adjacent to an activating group) is 1. The van der Waals surface area contributed by atoms with Gasteiger partial charge in [0.15, 0.2) is 0 Å². The van der Waals surface area contributed by atoms with Crippen molar-refractivity contribution in [1.82, 2.24) is 5.32 Å². The van der Waals surface area contributed by atoms with E-state index < -0.39 is 5.54 Å². The van der Waals surface area contributed by atoms with E-state index >= 15 is 0 Å². The van der Waals surface area contributed by atoms with Gasteiger partial charge in [-0.15, -0.1) is 0 Å². The average Bonchev–Trinajstić information content (AvgIpc) is 3.17. The second kappa shape index (κ2) is 6.64. The molecule has 0 aromatic heterocycles. The van der Waals surface area contributed by atoms with Crippen LogP contribution in [0, 0.1) is 5.92 Å². The van der Waals surface area contributed by atoms with Gasteiger partial charge < -0.3 is 10.1 Å². The number of nitrogens with one attached hydrogen (secondary N) is 1. The maximum atomic E-state index is 12.1. The maximum absolute atomic E-state index is 12.1. The van der Waals surface area contributed by atoms with Crippen molar-refractivity contribution in [3.8, 4) is 0 Å². The fourth-order valence-electron chi connectivity index (χ4n) is 2.08. The number of carbonyl (C=O) groups excluding carboxylic acids is 1. The molecule has 0 saturated heterocycles. The minimum Gasteiger partial charge on any atom is -0.468 e. The van der Waals surface area contributed by atoms with Crippen molar-refractivity contribution in [1.29, 1.82) is 0 Å². The van der Waals surface area contributed by atoms with Gasteiger partial charge in [-0.25, -0.2) is 0 Å². The number of methoxy groups -OCH3 is 1. The first-order valence-corrected chi connectivity index (χ1v) is 7.60. The van der Waals surface area contributed by atoms with Crippen molar-refractivity contribution < 1.29 is 9.53 Å². The van der Waals surface area contributed by atoms with Gasteiger partial charge in [-0.2, -0.15) is 11.8 Å². The summed E-state index contributed by atoms with van der Waals surface area (Å²) < 4.78 is 5.02. The Hall–Kier alpha value is -0.220. The molecule has 0 amide bonds. The third kappa shape index (κ3) is 3.62. The van der Waals surface area contributed by atoms with Crippen LogP contribution in [0.2, 0.25) is 0 Å². The summed E-state index contributed by atoms with van der Waals surface area (Å²) in [4.78, 5) is 12.1. The lowest BCUT2D eigenvalue weighted by Crippen LogP contribution is -2.57. The summed E-state index contributed by atoms with van der Waals surface area (Å²) >= 11 is 1.87. The van der Waals surface area contributed by atoms with Crippen LogP contribution < -0.4 is 5.32 Å². The van der Waals surface area contributed by atoms with E-state index in [0.29, 0.717) is 11.2 Å². The number of carbonyl (C=O) groups is 1. The van der Waals surface area contributed by atoms with Gasteiger partial charge in [0.1, 0.15) is 5.54 Å². The molecular weight excluding hydrogens is 234 g/mol. The highest BCUT2D eigenvalue weighted by Gasteiger charge is 2.51. The van der Waals surface area contributed by atoms with E-state index in [9.17, 15) is 4.79 Å². The first kappa shape index (κ1) is 14.8. The lowest BCUT2D eigenvalue weighted by atomic mass is 9.95. The highest BCUT2D eigenvalue weighted by Crippen LogP contribution is 2.42. The molecule has 0 heterocycles. The Labute approximate surface area is 109 Å².